The number of benzene rings is 1. The van der Waals surface area contributed by atoms with Gasteiger partial charge in [0.2, 0.25) is 0 Å². The summed E-state index contributed by atoms with van der Waals surface area (Å²) >= 11 is 0. The number of hydrogen-bond donors (Lipinski definition) is 0. The Balaban J connectivity index is 1.48. The third kappa shape index (κ3) is 4.93. The molecule has 160 valence electrons. The molecule has 4 rings (SSSR count). The molecule has 3 fully saturated rings. The van der Waals surface area contributed by atoms with Crippen molar-refractivity contribution in [2.45, 2.75) is 70.5 Å². The molecule has 0 N–H and O–H groups in total. The minimum Gasteiger partial charge on any atom is -0.444 e. The van der Waals surface area contributed by atoms with Gasteiger partial charge in [0.25, 0.3) is 0 Å². The summed E-state index contributed by atoms with van der Waals surface area (Å²) in [6, 6.07) is 11.6. The lowest BCUT2D eigenvalue weighted by Crippen LogP contribution is -2.62. The van der Waals surface area contributed by atoms with Crippen molar-refractivity contribution >= 4 is 6.09 Å². The summed E-state index contributed by atoms with van der Waals surface area (Å²) in [4.78, 5) is 19.9. The highest BCUT2D eigenvalue weighted by Crippen LogP contribution is 2.30. The Hall–Kier alpha value is -1.63. The lowest BCUT2D eigenvalue weighted by molar-refractivity contribution is -0.0303. The summed E-state index contributed by atoms with van der Waals surface area (Å²) < 4.78 is 11.5. The number of morpholine rings is 1. The smallest absolute Gasteiger partial charge is 0.410 e. The van der Waals surface area contributed by atoms with Crippen LogP contribution < -0.4 is 0 Å². The fraction of sp³-hybridized carbons (Fsp3) is 0.696. The van der Waals surface area contributed by atoms with Crippen molar-refractivity contribution in [1.29, 1.82) is 0 Å². The monoisotopic (exact) mass is 401 g/mol. The Morgan fingerprint density at radius 2 is 1.90 bits per heavy atom. The zero-order chi connectivity index (χ0) is 20.6. The van der Waals surface area contributed by atoms with Gasteiger partial charge in [-0.3, -0.25) is 9.80 Å². The fourth-order valence-electron chi connectivity index (χ4n) is 4.84. The molecule has 1 aromatic carbocycles. The second-order valence-electron chi connectivity index (χ2n) is 9.85. The van der Waals surface area contributed by atoms with Crippen LogP contribution in [0.2, 0.25) is 0 Å². The molecule has 0 aliphatic carbocycles. The molecular weight excluding hydrogens is 366 g/mol. The Kier molecular flexibility index (Phi) is 5.87. The van der Waals surface area contributed by atoms with E-state index in [0.29, 0.717) is 24.7 Å². The SMILES string of the molecule is C[C@@H]1CN(Cc2ccccc2)[C@@H](CN2C[C@@H]3C[C@H]2CO3)CN1C(=O)OC(C)(C)C. The molecule has 6 nitrogen and oxygen atoms in total. The van der Waals surface area contributed by atoms with Crippen molar-refractivity contribution in [3.05, 3.63) is 35.9 Å². The molecule has 29 heavy (non-hydrogen) atoms. The average Bonchev–Trinajstić information content (AvgIpc) is 3.26. The number of piperazine rings is 1. The molecule has 1 aromatic rings. The molecule has 4 atom stereocenters. The van der Waals surface area contributed by atoms with E-state index in [-0.39, 0.29) is 12.1 Å². The summed E-state index contributed by atoms with van der Waals surface area (Å²) in [5.41, 5.74) is 0.848. The molecule has 6 heteroatoms. The molecule has 0 aromatic heterocycles. The quantitative estimate of drug-likeness (QED) is 0.776. The van der Waals surface area contributed by atoms with E-state index in [1.54, 1.807) is 0 Å². The molecule has 2 bridgehead atoms. The van der Waals surface area contributed by atoms with Gasteiger partial charge in [-0.1, -0.05) is 30.3 Å². The fourth-order valence-corrected chi connectivity index (χ4v) is 4.84. The van der Waals surface area contributed by atoms with Crippen LogP contribution >= 0.6 is 0 Å². The zero-order valence-corrected chi connectivity index (χ0v) is 18.2. The van der Waals surface area contributed by atoms with E-state index in [9.17, 15) is 4.79 Å². The summed E-state index contributed by atoms with van der Waals surface area (Å²) in [7, 11) is 0. The van der Waals surface area contributed by atoms with E-state index >= 15 is 0 Å². The summed E-state index contributed by atoms with van der Waals surface area (Å²) in [5.74, 6) is 0. The highest BCUT2D eigenvalue weighted by Gasteiger charge is 2.42. The molecular formula is C23H35N3O3. The van der Waals surface area contributed by atoms with Gasteiger partial charge in [-0.05, 0) is 39.7 Å². The number of ether oxygens (including phenoxy) is 2. The van der Waals surface area contributed by atoms with Gasteiger partial charge in [0.15, 0.2) is 0 Å². The summed E-state index contributed by atoms with van der Waals surface area (Å²) in [6.45, 7) is 13.2. The maximum atomic E-state index is 12.9. The van der Waals surface area contributed by atoms with Gasteiger partial charge in [0, 0.05) is 50.8 Å². The zero-order valence-electron chi connectivity index (χ0n) is 18.2. The summed E-state index contributed by atoms with van der Waals surface area (Å²) in [5, 5.41) is 0. The third-order valence-electron chi connectivity index (χ3n) is 6.27. The second-order valence-corrected chi connectivity index (χ2v) is 9.85. The van der Waals surface area contributed by atoms with Crippen molar-refractivity contribution in [3.63, 3.8) is 0 Å². The molecule has 0 saturated carbocycles. The van der Waals surface area contributed by atoms with Crippen molar-refractivity contribution in [1.82, 2.24) is 14.7 Å². The molecule has 1 amide bonds. The van der Waals surface area contributed by atoms with E-state index in [0.717, 1.165) is 39.2 Å². The molecule has 3 saturated heterocycles. The van der Waals surface area contributed by atoms with E-state index in [1.807, 2.05) is 25.7 Å². The van der Waals surface area contributed by atoms with E-state index in [1.165, 1.54) is 5.56 Å². The van der Waals surface area contributed by atoms with Crippen LogP contribution in [0.4, 0.5) is 4.79 Å². The van der Waals surface area contributed by atoms with Crippen molar-refractivity contribution < 1.29 is 14.3 Å². The van der Waals surface area contributed by atoms with Crippen LogP contribution in [0, 0.1) is 0 Å². The minimum absolute atomic E-state index is 0.128. The maximum absolute atomic E-state index is 12.9. The number of hydrogen-bond acceptors (Lipinski definition) is 5. The van der Waals surface area contributed by atoms with Crippen LogP contribution in [0.1, 0.15) is 39.7 Å². The van der Waals surface area contributed by atoms with Crippen molar-refractivity contribution in [3.8, 4) is 0 Å². The Labute approximate surface area is 174 Å². The third-order valence-corrected chi connectivity index (χ3v) is 6.27. The topological polar surface area (TPSA) is 45.2 Å². The van der Waals surface area contributed by atoms with Gasteiger partial charge in [0.1, 0.15) is 5.60 Å². The van der Waals surface area contributed by atoms with Crippen molar-refractivity contribution in [2.24, 2.45) is 0 Å². The van der Waals surface area contributed by atoms with E-state index < -0.39 is 5.60 Å². The Bertz CT molecular complexity index is 705. The number of carbonyl (C=O) groups excluding carboxylic acids is 1. The normalized spacial score (nSPS) is 30.7. The molecule has 3 aliphatic heterocycles. The van der Waals surface area contributed by atoms with Crippen LogP contribution in [0.3, 0.4) is 0 Å². The predicted octanol–water partition coefficient (Wildman–Crippen LogP) is 2.97. The summed E-state index contributed by atoms with van der Waals surface area (Å²) in [6.07, 6.45) is 1.35. The standard InChI is InChI=1S/C23H35N3O3/c1-17-11-24(12-18-8-6-5-7-9-18)20(13-25-15-21-10-19(25)16-28-21)14-26(17)22(27)29-23(2,3)4/h5-9,17,19-21H,10-16H2,1-4H3/t17-,19+,20+,21+/m1/s1. The number of amides is 1. The van der Waals surface area contributed by atoms with Gasteiger partial charge < -0.3 is 14.4 Å². The lowest BCUT2D eigenvalue weighted by atomic mass is 10.0. The highest BCUT2D eigenvalue weighted by atomic mass is 16.6. The lowest BCUT2D eigenvalue weighted by Gasteiger charge is -2.47. The van der Waals surface area contributed by atoms with Gasteiger partial charge in [-0.2, -0.15) is 0 Å². The first-order valence-electron chi connectivity index (χ1n) is 10.9. The number of rotatable bonds is 4. The van der Waals surface area contributed by atoms with Crippen LogP contribution in [-0.2, 0) is 16.0 Å². The van der Waals surface area contributed by atoms with Crippen LogP contribution in [-0.4, -0.2) is 83.4 Å². The first-order valence-corrected chi connectivity index (χ1v) is 10.9. The average molecular weight is 402 g/mol. The first kappa shape index (κ1) is 20.6. The largest absolute Gasteiger partial charge is 0.444 e. The van der Waals surface area contributed by atoms with Gasteiger partial charge in [-0.25, -0.2) is 4.79 Å². The molecule has 3 heterocycles. The molecule has 0 unspecified atom stereocenters. The van der Waals surface area contributed by atoms with Crippen molar-refractivity contribution in [2.75, 3.05) is 32.8 Å². The molecule has 0 spiro atoms. The maximum Gasteiger partial charge on any atom is 0.410 e. The number of likely N-dealkylation sites (tertiary alicyclic amines) is 1. The second kappa shape index (κ2) is 8.25. The highest BCUT2D eigenvalue weighted by molar-refractivity contribution is 5.68. The number of carbonyl (C=O) groups is 1. The van der Waals surface area contributed by atoms with Crippen LogP contribution in [0.5, 0.6) is 0 Å². The van der Waals surface area contributed by atoms with Crippen LogP contribution in [0.15, 0.2) is 30.3 Å². The number of fused-ring (bicyclic) bond motifs is 2. The molecule has 3 aliphatic rings. The first-order chi connectivity index (χ1) is 13.8. The van der Waals surface area contributed by atoms with Gasteiger partial charge in [-0.15, -0.1) is 0 Å². The van der Waals surface area contributed by atoms with E-state index in [2.05, 4.69) is 47.1 Å². The predicted molar refractivity (Wildman–Crippen MR) is 113 cm³/mol. The Morgan fingerprint density at radius 1 is 1.14 bits per heavy atom. The van der Waals surface area contributed by atoms with Crippen LogP contribution in [0.25, 0.3) is 0 Å². The number of nitrogens with zero attached hydrogens (tertiary/aromatic N) is 3. The molecule has 0 radical (unpaired) electrons. The van der Waals surface area contributed by atoms with Gasteiger partial charge >= 0.3 is 6.09 Å². The van der Waals surface area contributed by atoms with E-state index in [4.69, 9.17) is 9.47 Å². The Morgan fingerprint density at radius 3 is 2.52 bits per heavy atom. The van der Waals surface area contributed by atoms with Gasteiger partial charge in [0.05, 0.1) is 12.7 Å². The minimum atomic E-state index is -0.473.